The Labute approximate surface area is 315 Å². The van der Waals surface area contributed by atoms with E-state index in [1.165, 1.54) is 13.2 Å². The molecule has 0 radical (unpaired) electrons. The predicted octanol–water partition coefficient (Wildman–Crippen LogP) is 9.29. The van der Waals surface area contributed by atoms with Gasteiger partial charge in [-0.15, -0.1) is 15.0 Å². The van der Waals surface area contributed by atoms with Crippen molar-refractivity contribution >= 4 is 11.7 Å². The first-order valence-corrected chi connectivity index (χ1v) is 18.2. The van der Waals surface area contributed by atoms with Gasteiger partial charge < -0.3 is 19.7 Å². The van der Waals surface area contributed by atoms with Gasteiger partial charge in [0.2, 0.25) is 5.82 Å². The van der Waals surface area contributed by atoms with Gasteiger partial charge in [0.25, 0.3) is 0 Å². The third-order valence-corrected chi connectivity index (χ3v) is 10.5. The van der Waals surface area contributed by atoms with E-state index in [2.05, 4.69) is 31.2 Å². The molecule has 9 nitrogen and oxygen atoms in total. The zero-order valence-corrected chi connectivity index (χ0v) is 31.3. The number of nitrogens with one attached hydrogen (secondary N) is 1. The monoisotopic (exact) mass is 724 g/mol. The molecule has 0 saturated carbocycles. The number of piperidine rings is 1. The lowest BCUT2D eigenvalue weighted by Crippen LogP contribution is -2.43. The van der Waals surface area contributed by atoms with Crippen molar-refractivity contribution < 1.29 is 18.7 Å². The van der Waals surface area contributed by atoms with Crippen molar-refractivity contribution in [3.05, 3.63) is 144 Å². The number of anilines is 1. The van der Waals surface area contributed by atoms with Crippen LogP contribution < -0.4 is 14.8 Å². The van der Waals surface area contributed by atoms with E-state index in [1.54, 1.807) is 41.1 Å². The normalized spacial score (nSPS) is 13.8. The van der Waals surface area contributed by atoms with Crippen LogP contribution in [-0.2, 0) is 5.54 Å². The van der Waals surface area contributed by atoms with E-state index in [9.17, 15) is 4.79 Å². The van der Waals surface area contributed by atoms with Crippen molar-refractivity contribution in [1.82, 2.24) is 25.1 Å². The van der Waals surface area contributed by atoms with E-state index in [0.29, 0.717) is 41.6 Å². The quantitative estimate of drug-likeness (QED) is 0.150. The molecule has 54 heavy (non-hydrogen) atoms. The topological polar surface area (TPSA) is 94.4 Å². The molecule has 1 N–H and O–H groups in total. The Hall–Kier alpha value is -6.03. The highest BCUT2D eigenvalue weighted by Crippen LogP contribution is 2.43. The molecule has 1 fully saturated rings. The lowest BCUT2D eigenvalue weighted by atomic mass is 9.75. The van der Waals surface area contributed by atoms with Crippen LogP contribution in [0.3, 0.4) is 0 Å². The summed E-state index contributed by atoms with van der Waals surface area (Å²) in [5.74, 6) is 1.06. The first-order chi connectivity index (χ1) is 26.1. The molecule has 5 aromatic carbocycles. The molecular formula is C44H45FN6O3. The first-order valence-electron chi connectivity index (χ1n) is 18.2. The van der Waals surface area contributed by atoms with Gasteiger partial charge in [-0.3, -0.25) is 0 Å². The fourth-order valence-corrected chi connectivity index (χ4v) is 7.64. The zero-order valence-electron chi connectivity index (χ0n) is 31.3. The lowest BCUT2D eigenvalue weighted by Gasteiger charge is -2.38. The van der Waals surface area contributed by atoms with Crippen LogP contribution in [0.1, 0.15) is 50.3 Å². The van der Waals surface area contributed by atoms with Crippen LogP contribution in [0, 0.1) is 17.2 Å². The highest BCUT2D eigenvalue weighted by atomic mass is 19.1. The molecule has 0 atom stereocenters. The highest BCUT2D eigenvalue weighted by Gasteiger charge is 2.41. The molecule has 1 aromatic heterocycles. The maximum atomic E-state index is 16.7. The van der Waals surface area contributed by atoms with E-state index in [4.69, 9.17) is 19.8 Å². The fourth-order valence-electron chi connectivity index (χ4n) is 7.64. The number of likely N-dealkylation sites (tertiary alicyclic amines) is 1. The molecule has 0 aliphatic carbocycles. The number of tetrazole rings is 1. The van der Waals surface area contributed by atoms with Crippen molar-refractivity contribution in [3.8, 4) is 34.0 Å². The van der Waals surface area contributed by atoms with Crippen LogP contribution in [0.25, 0.3) is 22.5 Å². The number of benzene rings is 5. The second kappa shape index (κ2) is 15.1. The molecule has 276 valence electrons. The number of hydrogen-bond donors (Lipinski definition) is 1. The van der Waals surface area contributed by atoms with Crippen molar-refractivity contribution in [2.75, 3.05) is 32.6 Å². The summed E-state index contributed by atoms with van der Waals surface area (Å²) in [5.41, 5.74) is 3.23. The van der Waals surface area contributed by atoms with Gasteiger partial charge in [0.05, 0.1) is 14.2 Å². The summed E-state index contributed by atoms with van der Waals surface area (Å²) < 4.78 is 27.8. The molecule has 2 heterocycles. The fraction of sp³-hybridized carbons (Fsp3) is 0.273. The SMILES string of the molecule is COc1ccc(-c2c(F)cc(NC(=O)N3CCC(C(C)(C)C)CC3)cc2-c2nnn(C(c3ccccc3)(c3ccccc3)c3ccccc3)n2)cc1OC. The van der Waals surface area contributed by atoms with Crippen molar-refractivity contribution in [3.63, 3.8) is 0 Å². The molecule has 0 unspecified atom stereocenters. The van der Waals surface area contributed by atoms with Gasteiger partial charge in [-0.25, -0.2) is 9.18 Å². The maximum Gasteiger partial charge on any atom is 0.321 e. The second-order valence-electron chi connectivity index (χ2n) is 14.7. The first kappa shape index (κ1) is 36.3. The Morgan fingerprint density at radius 1 is 0.759 bits per heavy atom. The molecule has 6 aromatic rings. The van der Waals surface area contributed by atoms with Gasteiger partial charge in [-0.05, 0) is 75.9 Å². The standard InChI is InChI=1S/C44H45FN6O3/c1-43(2,3)31-23-25-50(26-24-31)42(52)46-35-28-36(40(37(45)29-35)30-21-22-38(53-4)39(27-30)54-5)41-47-49-51(48-41)44(32-15-9-6-10-16-32,33-17-11-7-12-18-33)34-19-13-8-14-20-34/h6-22,27-29,31H,23-26H2,1-5H3,(H,46,52). The van der Waals surface area contributed by atoms with Crippen LogP contribution in [0.2, 0.25) is 0 Å². The number of carbonyl (C=O) groups is 1. The number of rotatable bonds is 9. The van der Waals surface area contributed by atoms with Gasteiger partial charge in [0, 0.05) is 29.9 Å². The summed E-state index contributed by atoms with van der Waals surface area (Å²) >= 11 is 0. The molecule has 2 amide bonds. The largest absolute Gasteiger partial charge is 0.493 e. The summed E-state index contributed by atoms with van der Waals surface area (Å²) in [5, 5.41) is 17.4. The molecule has 1 saturated heterocycles. The molecule has 10 heteroatoms. The minimum atomic E-state index is -1.04. The summed E-state index contributed by atoms with van der Waals surface area (Å²) in [6, 6.07) is 38.0. The number of halogens is 1. The van der Waals surface area contributed by atoms with Crippen LogP contribution >= 0.6 is 0 Å². The maximum absolute atomic E-state index is 16.7. The Kier molecular flexibility index (Phi) is 10.2. The average Bonchev–Trinajstić information content (AvgIpc) is 3.69. The number of amides is 2. The Bertz CT molecular complexity index is 2120. The van der Waals surface area contributed by atoms with Crippen LogP contribution in [-0.4, -0.2) is 58.4 Å². The molecule has 7 rings (SSSR count). The lowest BCUT2D eigenvalue weighted by molar-refractivity contribution is 0.128. The van der Waals surface area contributed by atoms with Gasteiger partial charge in [0.1, 0.15) is 5.82 Å². The van der Waals surface area contributed by atoms with E-state index >= 15 is 4.39 Å². The van der Waals surface area contributed by atoms with Gasteiger partial charge in [-0.1, -0.05) is 118 Å². The Morgan fingerprint density at radius 2 is 1.31 bits per heavy atom. The molecule has 1 aliphatic rings. The summed E-state index contributed by atoms with van der Waals surface area (Å²) in [6.07, 6.45) is 1.82. The van der Waals surface area contributed by atoms with E-state index in [-0.39, 0.29) is 28.5 Å². The van der Waals surface area contributed by atoms with Crippen LogP contribution in [0.15, 0.2) is 121 Å². The molecule has 0 spiro atoms. The molecular weight excluding hydrogens is 680 g/mol. The minimum absolute atomic E-state index is 0.171. The highest BCUT2D eigenvalue weighted by molar-refractivity contribution is 5.92. The number of urea groups is 1. The predicted molar refractivity (Wildman–Crippen MR) is 209 cm³/mol. The number of nitrogens with zero attached hydrogens (tertiary/aromatic N) is 5. The van der Waals surface area contributed by atoms with E-state index in [0.717, 1.165) is 29.5 Å². The molecule has 1 aliphatic heterocycles. The third kappa shape index (κ3) is 6.91. The summed E-state index contributed by atoms with van der Waals surface area (Å²) in [4.78, 5) is 17.0. The van der Waals surface area contributed by atoms with Crippen LogP contribution in [0.4, 0.5) is 14.9 Å². The Balaban J connectivity index is 1.37. The van der Waals surface area contributed by atoms with E-state index < -0.39 is 11.4 Å². The van der Waals surface area contributed by atoms with Crippen LogP contribution in [0.5, 0.6) is 11.5 Å². The molecule has 0 bridgehead atoms. The number of methoxy groups -OCH3 is 2. The number of ether oxygens (including phenoxy) is 2. The smallest absolute Gasteiger partial charge is 0.321 e. The number of hydrogen-bond acceptors (Lipinski definition) is 6. The number of carbonyl (C=O) groups excluding carboxylic acids is 1. The second-order valence-corrected chi connectivity index (χ2v) is 14.7. The van der Waals surface area contributed by atoms with Crippen molar-refractivity contribution in [1.29, 1.82) is 0 Å². The minimum Gasteiger partial charge on any atom is -0.493 e. The Morgan fingerprint density at radius 3 is 1.83 bits per heavy atom. The van der Waals surface area contributed by atoms with Crippen molar-refractivity contribution in [2.45, 2.75) is 39.2 Å². The summed E-state index contributed by atoms with van der Waals surface area (Å²) in [7, 11) is 3.08. The number of aromatic nitrogens is 4. The summed E-state index contributed by atoms with van der Waals surface area (Å²) in [6.45, 7) is 7.98. The van der Waals surface area contributed by atoms with Crippen molar-refractivity contribution in [2.24, 2.45) is 11.3 Å². The van der Waals surface area contributed by atoms with Gasteiger partial charge >= 0.3 is 6.03 Å². The zero-order chi connectivity index (χ0) is 37.9. The van der Waals surface area contributed by atoms with Gasteiger partial charge in [-0.2, -0.15) is 0 Å². The average molecular weight is 725 g/mol. The van der Waals surface area contributed by atoms with Gasteiger partial charge in [0.15, 0.2) is 17.0 Å². The third-order valence-electron chi connectivity index (χ3n) is 10.5. The van der Waals surface area contributed by atoms with E-state index in [1.807, 2.05) is 91.0 Å².